The second-order valence-electron chi connectivity index (χ2n) is 3.57. The third kappa shape index (κ3) is 4.96. The second-order valence-corrected chi connectivity index (χ2v) is 5.70. The first-order valence-corrected chi connectivity index (χ1v) is 7.08. The highest BCUT2D eigenvalue weighted by Gasteiger charge is 2.13. The Morgan fingerprint density at radius 3 is 2.60 bits per heavy atom. The maximum absolute atomic E-state index is 11.7. The molecule has 15 heavy (non-hydrogen) atoms. The molecule has 0 fully saturated rings. The zero-order chi connectivity index (χ0) is 11.1. The molecule has 0 aliphatic heterocycles. The van der Waals surface area contributed by atoms with Crippen molar-refractivity contribution in [3.8, 4) is 0 Å². The summed E-state index contributed by atoms with van der Waals surface area (Å²) in [6.45, 7) is 2.05. The van der Waals surface area contributed by atoms with Crippen LogP contribution in [0.15, 0.2) is 42.2 Å². The SMILES string of the molecule is CCCC=CP(=O)(O)Cc1ccccc1. The van der Waals surface area contributed by atoms with Crippen molar-refractivity contribution in [1.29, 1.82) is 0 Å². The van der Waals surface area contributed by atoms with Gasteiger partial charge in [-0.25, -0.2) is 0 Å². The lowest BCUT2D eigenvalue weighted by atomic mass is 10.2. The Kier molecular flexibility index (Phi) is 4.80. The average Bonchev–Trinajstić information content (AvgIpc) is 2.18. The standard InChI is InChI=1S/C12H17O2P/c1-2-3-7-10-15(13,14)11-12-8-5-4-6-9-12/h4-10H,2-3,11H2,1H3,(H,13,14). The minimum Gasteiger partial charge on any atom is -0.341 e. The van der Waals surface area contributed by atoms with E-state index in [1.165, 1.54) is 5.82 Å². The second kappa shape index (κ2) is 5.89. The van der Waals surface area contributed by atoms with E-state index in [1.807, 2.05) is 37.3 Å². The Bertz CT molecular complexity index is 357. The van der Waals surface area contributed by atoms with Crippen molar-refractivity contribution in [2.24, 2.45) is 0 Å². The van der Waals surface area contributed by atoms with Gasteiger partial charge in [0.1, 0.15) is 0 Å². The first kappa shape index (κ1) is 12.2. The highest BCUT2D eigenvalue weighted by atomic mass is 31.2. The van der Waals surface area contributed by atoms with Crippen molar-refractivity contribution >= 4 is 7.37 Å². The third-order valence-electron chi connectivity index (χ3n) is 2.05. The Balaban J connectivity index is 2.61. The molecule has 1 aromatic carbocycles. The van der Waals surface area contributed by atoms with Gasteiger partial charge in [-0.3, -0.25) is 4.57 Å². The van der Waals surface area contributed by atoms with Crippen molar-refractivity contribution in [3.05, 3.63) is 47.8 Å². The van der Waals surface area contributed by atoms with E-state index in [-0.39, 0.29) is 6.16 Å². The van der Waals surface area contributed by atoms with E-state index in [1.54, 1.807) is 6.08 Å². The largest absolute Gasteiger partial charge is 0.341 e. The molecule has 0 heterocycles. The predicted octanol–water partition coefficient (Wildman–Crippen LogP) is 3.77. The number of hydrogen-bond acceptors (Lipinski definition) is 1. The van der Waals surface area contributed by atoms with Crippen LogP contribution in [-0.2, 0) is 10.7 Å². The molecule has 0 aliphatic rings. The van der Waals surface area contributed by atoms with Gasteiger partial charge in [-0.1, -0.05) is 49.8 Å². The topological polar surface area (TPSA) is 37.3 Å². The molecule has 1 aromatic rings. The molecule has 3 heteroatoms. The molecule has 1 rings (SSSR count). The van der Waals surface area contributed by atoms with Gasteiger partial charge in [0.2, 0.25) is 7.37 Å². The van der Waals surface area contributed by atoms with Crippen LogP contribution >= 0.6 is 7.37 Å². The van der Waals surface area contributed by atoms with Crippen molar-refractivity contribution in [2.45, 2.75) is 25.9 Å². The van der Waals surface area contributed by atoms with Gasteiger partial charge in [-0.2, -0.15) is 0 Å². The molecule has 1 atom stereocenters. The molecule has 1 unspecified atom stereocenters. The third-order valence-corrected chi connectivity index (χ3v) is 3.54. The summed E-state index contributed by atoms with van der Waals surface area (Å²) >= 11 is 0. The van der Waals surface area contributed by atoms with Crippen LogP contribution in [0.3, 0.4) is 0 Å². The van der Waals surface area contributed by atoms with E-state index in [2.05, 4.69) is 0 Å². The smallest absolute Gasteiger partial charge is 0.226 e. The molecular formula is C12H17O2P. The quantitative estimate of drug-likeness (QED) is 0.773. The molecule has 0 bridgehead atoms. The molecular weight excluding hydrogens is 207 g/mol. The molecule has 82 valence electrons. The van der Waals surface area contributed by atoms with Crippen LogP contribution in [0.5, 0.6) is 0 Å². The summed E-state index contributed by atoms with van der Waals surface area (Å²) in [5.41, 5.74) is 0.907. The van der Waals surface area contributed by atoms with Crippen LogP contribution in [-0.4, -0.2) is 4.89 Å². The Labute approximate surface area is 91.1 Å². The maximum Gasteiger partial charge on any atom is 0.226 e. The van der Waals surface area contributed by atoms with Crippen molar-refractivity contribution in [2.75, 3.05) is 0 Å². The lowest BCUT2D eigenvalue weighted by Crippen LogP contribution is -1.84. The summed E-state index contributed by atoms with van der Waals surface area (Å²) in [7, 11) is -3.12. The average molecular weight is 224 g/mol. The van der Waals surface area contributed by atoms with E-state index in [0.717, 1.165) is 18.4 Å². The van der Waals surface area contributed by atoms with Gasteiger partial charge in [0, 0.05) is 0 Å². The van der Waals surface area contributed by atoms with Gasteiger partial charge in [-0.15, -0.1) is 0 Å². The van der Waals surface area contributed by atoms with Crippen LogP contribution in [0, 0.1) is 0 Å². The molecule has 0 aromatic heterocycles. The van der Waals surface area contributed by atoms with Crippen molar-refractivity contribution in [1.82, 2.24) is 0 Å². The van der Waals surface area contributed by atoms with Gasteiger partial charge in [0.05, 0.1) is 6.16 Å². The fourth-order valence-electron chi connectivity index (χ4n) is 1.30. The van der Waals surface area contributed by atoms with E-state index >= 15 is 0 Å². The van der Waals surface area contributed by atoms with E-state index in [4.69, 9.17) is 0 Å². The summed E-state index contributed by atoms with van der Waals surface area (Å²) in [5, 5.41) is 0. The van der Waals surface area contributed by atoms with Gasteiger partial charge in [0.15, 0.2) is 0 Å². The summed E-state index contributed by atoms with van der Waals surface area (Å²) in [6.07, 6.45) is 3.89. The fraction of sp³-hybridized carbons (Fsp3) is 0.333. The normalized spacial score (nSPS) is 15.3. The van der Waals surface area contributed by atoms with Crippen molar-refractivity contribution < 1.29 is 9.46 Å². The van der Waals surface area contributed by atoms with Gasteiger partial charge < -0.3 is 4.89 Å². The lowest BCUT2D eigenvalue weighted by molar-refractivity contribution is 0.487. The minimum absolute atomic E-state index is 0.230. The molecule has 0 aliphatic carbocycles. The molecule has 0 amide bonds. The van der Waals surface area contributed by atoms with E-state index in [0.29, 0.717) is 0 Å². The zero-order valence-electron chi connectivity index (χ0n) is 8.97. The molecule has 1 N–H and O–H groups in total. The predicted molar refractivity (Wildman–Crippen MR) is 64.0 cm³/mol. The minimum atomic E-state index is -3.12. The zero-order valence-corrected chi connectivity index (χ0v) is 9.86. The first-order valence-electron chi connectivity index (χ1n) is 5.17. The van der Waals surface area contributed by atoms with Crippen LogP contribution in [0.1, 0.15) is 25.3 Å². The van der Waals surface area contributed by atoms with Crippen molar-refractivity contribution in [3.63, 3.8) is 0 Å². The molecule has 0 spiro atoms. The van der Waals surface area contributed by atoms with Gasteiger partial charge >= 0.3 is 0 Å². The maximum atomic E-state index is 11.7. The molecule has 0 radical (unpaired) electrons. The van der Waals surface area contributed by atoms with Crippen LogP contribution in [0.2, 0.25) is 0 Å². The Hall–Kier alpha value is -0.850. The number of benzene rings is 1. The van der Waals surface area contributed by atoms with E-state index in [9.17, 15) is 9.46 Å². The summed E-state index contributed by atoms with van der Waals surface area (Å²) in [6, 6.07) is 9.40. The fourth-order valence-corrected chi connectivity index (χ4v) is 2.62. The van der Waals surface area contributed by atoms with E-state index < -0.39 is 7.37 Å². The van der Waals surface area contributed by atoms with Gasteiger partial charge in [0.25, 0.3) is 0 Å². The monoisotopic (exact) mass is 224 g/mol. The highest BCUT2D eigenvalue weighted by Crippen LogP contribution is 2.46. The molecule has 0 saturated carbocycles. The Morgan fingerprint density at radius 2 is 2.00 bits per heavy atom. The van der Waals surface area contributed by atoms with Crippen LogP contribution in [0.25, 0.3) is 0 Å². The first-order chi connectivity index (χ1) is 7.14. The summed E-state index contributed by atoms with van der Waals surface area (Å²) in [4.78, 5) is 9.66. The van der Waals surface area contributed by atoms with Crippen LogP contribution in [0.4, 0.5) is 0 Å². The number of unbranched alkanes of at least 4 members (excludes halogenated alkanes) is 1. The van der Waals surface area contributed by atoms with Gasteiger partial charge in [-0.05, 0) is 17.8 Å². The Morgan fingerprint density at radius 1 is 1.33 bits per heavy atom. The summed E-state index contributed by atoms with van der Waals surface area (Å²) < 4.78 is 11.7. The summed E-state index contributed by atoms with van der Waals surface area (Å²) in [5.74, 6) is 1.46. The molecule has 0 saturated heterocycles. The number of hydrogen-bond donors (Lipinski definition) is 1. The number of allylic oxidation sites excluding steroid dienone is 1. The lowest BCUT2D eigenvalue weighted by Gasteiger charge is -2.06. The van der Waals surface area contributed by atoms with Crippen LogP contribution < -0.4 is 0 Å². The highest BCUT2D eigenvalue weighted by molar-refractivity contribution is 7.60. The number of rotatable bonds is 5. The molecule has 2 nitrogen and oxygen atoms in total.